The maximum absolute atomic E-state index is 12.0. The van der Waals surface area contributed by atoms with E-state index in [1.165, 1.54) is 0 Å². The number of ether oxygens (including phenoxy) is 1. The maximum atomic E-state index is 12.0. The Balaban J connectivity index is 3.20. The van der Waals surface area contributed by atoms with Gasteiger partial charge in [-0.2, -0.15) is 0 Å². The molecule has 0 bridgehead atoms. The van der Waals surface area contributed by atoms with Gasteiger partial charge in [-0.05, 0) is 33.0 Å². The van der Waals surface area contributed by atoms with Crippen LogP contribution in [0.2, 0.25) is 5.02 Å². The number of likely N-dealkylation sites (N-methyl/N-ethyl adjacent to an activating group) is 1. The van der Waals surface area contributed by atoms with Gasteiger partial charge in [0.2, 0.25) is 0 Å². The summed E-state index contributed by atoms with van der Waals surface area (Å²) < 4.78 is 5.93. The summed E-state index contributed by atoms with van der Waals surface area (Å²) in [5, 5.41) is 3.48. The number of rotatable bonds is 4. The molecule has 1 atom stereocenters. The molecule has 1 aromatic rings. The zero-order valence-corrected chi connectivity index (χ0v) is 12.4. The molecule has 94 valence electrons. The van der Waals surface area contributed by atoms with Gasteiger partial charge >= 0.3 is 5.97 Å². The minimum atomic E-state index is -0.937. The van der Waals surface area contributed by atoms with Crippen LogP contribution in [0.5, 0.6) is 0 Å². The van der Waals surface area contributed by atoms with Crippen molar-refractivity contribution in [3.63, 3.8) is 0 Å². The fourth-order valence-electron chi connectivity index (χ4n) is 1.52. The number of esters is 1. The van der Waals surface area contributed by atoms with Gasteiger partial charge in [0.25, 0.3) is 0 Å². The molecule has 0 aliphatic carbocycles. The standard InChI is InChI=1S/C12H15BrClNO2/c1-4-17-11(16)12(2,15-3)9-6-5-8(13)7-10(9)14/h5-7,15H,4H2,1-3H3. The Hall–Kier alpha value is -0.580. The molecule has 0 heterocycles. The van der Waals surface area contributed by atoms with E-state index < -0.39 is 5.54 Å². The Morgan fingerprint density at radius 3 is 2.71 bits per heavy atom. The number of hydrogen-bond acceptors (Lipinski definition) is 3. The van der Waals surface area contributed by atoms with Crippen molar-refractivity contribution in [1.82, 2.24) is 5.32 Å². The van der Waals surface area contributed by atoms with E-state index in [-0.39, 0.29) is 5.97 Å². The molecule has 0 spiro atoms. The first kappa shape index (κ1) is 14.5. The highest BCUT2D eigenvalue weighted by molar-refractivity contribution is 9.10. The number of carbonyl (C=O) groups is 1. The molecule has 1 rings (SSSR count). The maximum Gasteiger partial charge on any atom is 0.330 e. The summed E-state index contributed by atoms with van der Waals surface area (Å²) in [4.78, 5) is 12.0. The average molecular weight is 321 g/mol. The lowest BCUT2D eigenvalue weighted by Gasteiger charge is -2.28. The van der Waals surface area contributed by atoms with E-state index in [1.54, 1.807) is 33.0 Å². The van der Waals surface area contributed by atoms with E-state index in [0.717, 1.165) is 4.47 Å². The topological polar surface area (TPSA) is 38.3 Å². The molecule has 0 saturated carbocycles. The molecule has 0 amide bonds. The van der Waals surface area contributed by atoms with Crippen LogP contribution in [0.4, 0.5) is 0 Å². The lowest BCUT2D eigenvalue weighted by atomic mass is 9.92. The third-order valence-corrected chi connectivity index (χ3v) is 3.46. The van der Waals surface area contributed by atoms with E-state index in [1.807, 2.05) is 6.07 Å². The molecule has 0 fully saturated rings. The zero-order chi connectivity index (χ0) is 13.1. The van der Waals surface area contributed by atoms with Gasteiger partial charge in [-0.15, -0.1) is 0 Å². The molecule has 1 aromatic carbocycles. The van der Waals surface area contributed by atoms with Crippen molar-refractivity contribution in [3.8, 4) is 0 Å². The molecular weight excluding hydrogens is 305 g/mol. The van der Waals surface area contributed by atoms with Crippen LogP contribution in [0.1, 0.15) is 19.4 Å². The molecule has 1 N–H and O–H groups in total. The molecule has 0 aromatic heterocycles. The van der Waals surface area contributed by atoms with Gasteiger partial charge < -0.3 is 10.1 Å². The Morgan fingerprint density at radius 1 is 1.59 bits per heavy atom. The first-order chi connectivity index (χ1) is 7.95. The monoisotopic (exact) mass is 319 g/mol. The van der Waals surface area contributed by atoms with Gasteiger partial charge in [0.05, 0.1) is 6.61 Å². The van der Waals surface area contributed by atoms with Crippen LogP contribution in [0.3, 0.4) is 0 Å². The summed E-state index contributed by atoms with van der Waals surface area (Å²) in [6.07, 6.45) is 0. The van der Waals surface area contributed by atoms with Crippen LogP contribution < -0.4 is 5.32 Å². The fourth-order valence-corrected chi connectivity index (χ4v) is 2.38. The number of nitrogens with one attached hydrogen (secondary N) is 1. The summed E-state index contributed by atoms with van der Waals surface area (Å²) in [6.45, 7) is 3.86. The summed E-state index contributed by atoms with van der Waals surface area (Å²) in [7, 11) is 1.70. The number of benzene rings is 1. The average Bonchev–Trinajstić information content (AvgIpc) is 2.28. The Kier molecular flexibility index (Phi) is 4.98. The van der Waals surface area contributed by atoms with Crippen molar-refractivity contribution >= 4 is 33.5 Å². The molecular formula is C12H15BrClNO2. The minimum Gasteiger partial charge on any atom is -0.464 e. The highest BCUT2D eigenvalue weighted by Crippen LogP contribution is 2.31. The van der Waals surface area contributed by atoms with E-state index in [9.17, 15) is 4.79 Å². The van der Waals surface area contributed by atoms with Gasteiger partial charge in [0, 0.05) is 15.1 Å². The van der Waals surface area contributed by atoms with Gasteiger partial charge in [-0.3, -0.25) is 0 Å². The summed E-state index contributed by atoms with van der Waals surface area (Å²) in [6, 6.07) is 5.40. The van der Waals surface area contributed by atoms with Crippen molar-refractivity contribution in [3.05, 3.63) is 33.3 Å². The van der Waals surface area contributed by atoms with Crippen LogP contribution >= 0.6 is 27.5 Å². The molecule has 3 nitrogen and oxygen atoms in total. The van der Waals surface area contributed by atoms with Crippen LogP contribution in [0.15, 0.2) is 22.7 Å². The lowest BCUT2D eigenvalue weighted by Crippen LogP contribution is -2.46. The fraction of sp³-hybridized carbons (Fsp3) is 0.417. The Bertz CT molecular complexity index is 425. The number of hydrogen-bond donors (Lipinski definition) is 1. The second-order valence-electron chi connectivity index (χ2n) is 3.72. The van der Waals surface area contributed by atoms with Crippen LogP contribution in [0, 0.1) is 0 Å². The summed E-state index contributed by atoms with van der Waals surface area (Å²) >= 11 is 9.49. The first-order valence-corrected chi connectivity index (χ1v) is 6.44. The molecule has 17 heavy (non-hydrogen) atoms. The second-order valence-corrected chi connectivity index (χ2v) is 5.04. The van der Waals surface area contributed by atoms with E-state index >= 15 is 0 Å². The van der Waals surface area contributed by atoms with E-state index in [2.05, 4.69) is 21.2 Å². The molecule has 0 aliphatic rings. The van der Waals surface area contributed by atoms with Crippen LogP contribution in [0.25, 0.3) is 0 Å². The highest BCUT2D eigenvalue weighted by atomic mass is 79.9. The molecule has 0 aliphatic heterocycles. The molecule has 5 heteroatoms. The largest absolute Gasteiger partial charge is 0.464 e. The number of halogens is 2. The third-order valence-electron chi connectivity index (χ3n) is 2.65. The van der Waals surface area contributed by atoms with Crippen molar-refractivity contribution in [2.24, 2.45) is 0 Å². The predicted octanol–water partition coefficient (Wildman–Crippen LogP) is 3.10. The number of carbonyl (C=O) groups excluding carboxylic acids is 1. The van der Waals surface area contributed by atoms with Crippen molar-refractivity contribution < 1.29 is 9.53 Å². The summed E-state index contributed by atoms with van der Waals surface area (Å²) in [5.41, 5.74) is -0.239. The van der Waals surface area contributed by atoms with Crippen molar-refractivity contribution in [2.45, 2.75) is 19.4 Å². The Labute approximate surface area is 115 Å². The third kappa shape index (κ3) is 3.00. The second kappa shape index (κ2) is 5.85. The van der Waals surface area contributed by atoms with Gasteiger partial charge in [-0.25, -0.2) is 4.79 Å². The zero-order valence-electron chi connectivity index (χ0n) is 10.0. The summed E-state index contributed by atoms with van der Waals surface area (Å²) in [5.74, 6) is -0.341. The van der Waals surface area contributed by atoms with Crippen LogP contribution in [-0.2, 0) is 15.1 Å². The van der Waals surface area contributed by atoms with Gasteiger partial charge in [0.1, 0.15) is 5.54 Å². The smallest absolute Gasteiger partial charge is 0.330 e. The first-order valence-electron chi connectivity index (χ1n) is 5.27. The van der Waals surface area contributed by atoms with Crippen molar-refractivity contribution in [2.75, 3.05) is 13.7 Å². The molecule has 1 unspecified atom stereocenters. The molecule has 0 radical (unpaired) electrons. The minimum absolute atomic E-state index is 0.338. The SMILES string of the molecule is CCOC(=O)C(C)(NC)c1ccc(Br)cc1Cl. The van der Waals surface area contributed by atoms with E-state index in [0.29, 0.717) is 17.2 Å². The van der Waals surface area contributed by atoms with Crippen LogP contribution in [-0.4, -0.2) is 19.6 Å². The quantitative estimate of drug-likeness (QED) is 0.866. The van der Waals surface area contributed by atoms with Gasteiger partial charge in [-0.1, -0.05) is 33.6 Å². The van der Waals surface area contributed by atoms with Gasteiger partial charge in [0.15, 0.2) is 0 Å². The Morgan fingerprint density at radius 2 is 2.24 bits per heavy atom. The molecule has 0 saturated heterocycles. The van der Waals surface area contributed by atoms with Crippen molar-refractivity contribution in [1.29, 1.82) is 0 Å². The lowest BCUT2D eigenvalue weighted by molar-refractivity contribution is -0.150. The predicted molar refractivity (Wildman–Crippen MR) is 72.2 cm³/mol. The van der Waals surface area contributed by atoms with E-state index in [4.69, 9.17) is 16.3 Å². The highest BCUT2D eigenvalue weighted by Gasteiger charge is 2.36. The normalized spacial score (nSPS) is 14.2.